The van der Waals surface area contributed by atoms with Crippen LogP contribution in [0.4, 0.5) is 5.69 Å². The van der Waals surface area contributed by atoms with Crippen molar-refractivity contribution in [2.45, 2.75) is 88.3 Å². The molecule has 4 fully saturated rings. The molecule has 0 aromatic heterocycles. The first kappa shape index (κ1) is 34.2. The minimum atomic E-state index is -0.855. The van der Waals surface area contributed by atoms with Crippen molar-refractivity contribution in [3.8, 4) is 0 Å². The van der Waals surface area contributed by atoms with Crippen molar-refractivity contribution in [2.75, 3.05) is 50.8 Å². The number of rotatable bonds is 10. The first-order chi connectivity index (χ1) is 23.3. The Morgan fingerprint density at radius 1 is 0.812 bits per heavy atom. The lowest BCUT2D eigenvalue weighted by Crippen LogP contribution is -2.60. The van der Waals surface area contributed by atoms with Crippen molar-refractivity contribution < 1.29 is 19.2 Å². The zero-order chi connectivity index (χ0) is 33.5. The van der Waals surface area contributed by atoms with Crippen molar-refractivity contribution in [3.63, 3.8) is 0 Å². The number of amides is 4. The van der Waals surface area contributed by atoms with E-state index in [0.29, 0.717) is 44.0 Å². The molecule has 3 aliphatic heterocycles. The number of halogens is 1. The van der Waals surface area contributed by atoms with Crippen LogP contribution < -0.4 is 15.5 Å². The fourth-order valence-corrected chi connectivity index (χ4v) is 8.08. The lowest BCUT2D eigenvalue weighted by molar-refractivity contribution is -0.141. The van der Waals surface area contributed by atoms with Gasteiger partial charge in [-0.2, -0.15) is 0 Å². The lowest BCUT2D eigenvalue weighted by Gasteiger charge is -2.44. The quantitative estimate of drug-likeness (QED) is 0.395. The van der Waals surface area contributed by atoms with Gasteiger partial charge in [0.05, 0.1) is 13.2 Å². The van der Waals surface area contributed by atoms with Gasteiger partial charge >= 0.3 is 0 Å². The number of hydrogen-bond acceptors (Lipinski definition) is 6. The van der Waals surface area contributed by atoms with Crippen LogP contribution in [-0.4, -0.2) is 102 Å². The molecule has 11 heteroatoms. The number of likely N-dealkylation sites (tertiary alicyclic amines) is 2. The molecule has 1 saturated carbocycles. The second kappa shape index (κ2) is 15.7. The fraction of sp³-hybridized carbons (Fsp3) is 0.568. The van der Waals surface area contributed by atoms with Crippen LogP contribution in [0, 0.1) is 0 Å². The minimum Gasteiger partial charge on any atom is -0.352 e. The van der Waals surface area contributed by atoms with Gasteiger partial charge in [0.1, 0.15) is 18.1 Å². The molecular formula is C37H49ClN6O4. The molecule has 0 unspecified atom stereocenters. The maximum atomic E-state index is 14.2. The van der Waals surface area contributed by atoms with Crippen LogP contribution in [0.15, 0.2) is 54.6 Å². The Morgan fingerprint density at radius 3 is 2.17 bits per heavy atom. The second-order valence-electron chi connectivity index (χ2n) is 14.0. The Bertz CT molecular complexity index is 1420. The van der Waals surface area contributed by atoms with Crippen molar-refractivity contribution in [1.82, 2.24) is 25.3 Å². The van der Waals surface area contributed by atoms with Crippen molar-refractivity contribution in [1.29, 1.82) is 0 Å². The van der Waals surface area contributed by atoms with E-state index in [4.69, 9.17) is 11.6 Å². The number of anilines is 1. The largest absolute Gasteiger partial charge is 0.352 e. The third-order valence-electron chi connectivity index (χ3n) is 10.6. The Hall–Kier alpha value is -3.63. The molecule has 1 aliphatic carbocycles. The van der Waals surface area contributed by atoms with Crippen molar-refractivity contribution >= 4 is 40.9 Å². The zero-order valence-corrected chi connectivity index (χ0v) is 28.6. The summed E-state index contributed by atoms with van der Waals surface area (Å²) in [6.45, 7) is 3.14. The van der Waals surface area contributed by atoms with Crippen LogP contribution >= 0.6 is 11.6 Å². The molecule has 0 bridgehead atoms. The molecule has 2 aromatic rings. The minimum absolute atomic E-state index is 0.0231. The maximum absolute atomic E-state index is 14.2. The molecule has 4 aliphatic rings. The van der Waals surface area contributed by atoms with Gasteiger partial charge in [0, 0.05) is 36.3 Å². The van der Waals surface area contributed by atoms with Gasteiger partial charge in [-0.05, 0) is 81.4 Å². The number of hydrogen-bond donors (Lipinski definition) is 2. The lowest BCUT2D eigenvalue weighted by atomic mass is 9.85. The van der Waals surface area contributed by atoms with Crippen molar-refractivity contribution in [2.24, 2.45) is 0 Å². The molecule has 6 rings (SSSR count). The third-order valence-corrected chi connectivity index (χ3v) is 10.8. The SMILES string of the molecule is O=C(CN1CN(c2ccccc2)C2(CCN(C(=O)[C@@H](Cc3ccc(Cl)cc3)NC(=O)CN3CCCCC3)CC2)C1=O)NC1CCCCC1. The standard InChI is InChI=1S/C37H49ClN6O4/c38-29-16-14-28(15-17-29)24-32(40-33(45)25-41-20-8-3-9-21-41)35(47)42-22-18-37(19-23-42)36(48)43(27-44(37)31-12-6-2-7-13-31)26-34(46)39-30-10-4-1-5-11-30/h2,6-7,12-17,30,32H,1,3-5,8-11,18-27H2,(H,39,46)(H,40,45)/t32-/m1/s1. The van der Waals surface area contributed by atoms with Gasteiger partial charge in [-0.25, -0.2) is 0 Å². The van der Waals surface area contributed by atoms with Gasteiger partial charge in [-0.15, -0.1) is 0 Å². The summed E-state index contributed by atoms with van der Waals surface area (Å²) in [6, 6.07) is 16.7. The van der Waals surface area contributed by atoms with Crippen LogP contribution in [0.3, 0.4) is 0 Å². The number of carbonyl (C=O) groups excluding carboxylic acids is 4. The molecular weight excluding hydrogens is 628 g/mol. The van der Waals surface area contributed by atoms with Gasteiger partial charge in [0.25, 0.3) is 5.91 Å². The molecule has 3 saturated heterocycles. The van der Waals surface area contributed by atoms with E-state index in [1.54, 1.807) is 21.9 Å². The molecule has 2 aromatic carbocycles. The van der Waals surface area contributed by atoms with Gasteiger partial charge in [0.2, 0.25) is 17.7 Å². The van der Waals surface area contributed by atoms with Crippen molar-refractivity contribution in [3.05, 3.63) is 65.2 Å². The highest BCUT2D eigenvalue weighted by molar-refractivity contribution is 6.30. The number of carbonyl (C=O) groups is 4. The van der Waals surface area contributed by atoms with E-state index in [0.717, 1.165) is 62.9 Å². The van der Waals surface area contributed by atoms with E-state index in [2.05, 4.69) is 20.4 Å². The third kappa shape index (κ3) is 8.14. The fourth-order valence-electron chi connectivity index (χ4n) is 7.95. The normalized spacial score (nSPS) is 20.9. The van der Waals surface area contributed by atoms with Crippen LogP contribution in [0.1, 0.15) is 69.8 Å². The number of para-hydroxylation sites is 1. The van der Waals surface area contributed by atoms with Crippen LogP contribution in [0.5, 0.6) is 0 Å². The van der Waals surface area contributed by atoms with Gasteiger partial charge < -0.3 is 25.3 Å². The average Bonchev–Trinajstić information content (AvgIpc) is 3.36. The number of piperidine rings is 2. The molecule has 258 valence electrons. The monoisotopic (exact) mass is 676 g/mol. The maximum Gasteiger partial charge on any atom is 0.250 e. The average molecular weight is 677 g/mol. The highest BCUT2D eigenvalue weighted by Gasteiger charge is 2.54. The van der Waals surface area contributed by atoms with Gasteiger partial charge in [0.15, 0.2) is 0 Å². The summed E-state index contributed by atoms with van der Waals surface area (Å²) in [5, 5.41) is 6.83. The molecule has 10 nitrogen and oxygen atoms in total. The zero-order valence-electron chi connectivity index (χ0n) is 27.9. The molecule has 4 amide bonds. The van der Waals surface area contributed by atoms with Crippen LogP contribution in [-0.2, 0) is 25.6 Å². The highest BCUT2D eigenvalue weighted by Crippen LogP contribution is 2.39. The van der Waals surface area contributed by atoms with Crippen LogP contribution in [0.2, 0.25) is 5.02 Å². The van der Waals surface area contributed by atoms with E-state index in [1.165, 1.54) is 12.8 Å². The topological polar surface area (TPSA) is 105 Å². The Morgan fingerprint density at radius 2 is 1.48 bits per heavy atom. The molecule has 1 atom stereocenters. The highest BCUT2D eigenvalue weighted by atomic mass is 35.5. The Labute approximate surface area is 289 Å². The summed E-state index contributed by atoms with van der Waals surface area (Å²) < 4.78 is 0. The number of nitrogens with one attached hydrogen (secondary N) is 2. The molecule has 48 heavy (non-hydrogen) atoms. The van der Waals surface area contributed by atoms with E-state index in [9.17, 15) is 19.2 Å². The van der Waals surface area contributed by atoms with Gasteiger partial charge in [-0.1, -0.05) is 67.6 Å². The number of nitrogens with zero attached hydrogens (tertiary/aromatic N) is 4. The molecule has 3 heterocycles. The smallest absolute Gasteiger partial charge is 0.250 e. The molecule has 1 spiro atoms. The summed E-state index contributed by atoms with van der Waals surface area (Å²) in [4.78, 5) is 62.4. The Kier molecular flexibility index (Phi) is 11.2. The van der Waals surface area contributed by atoms with E-state index in [1.807, 2.05) is 42.5 Å². The summed E-state index contributed by atoms with van der Waals surface area (Å²) in [7, 11) is 0. The number of benzene rings is 2. The van der Waals surface area contributed by atoms with E-state index in [-0.39, 0.29) is 42.8 Å². The summed E-state index contributed by atoms with van der Waals surface area (Å²) in [6.07, 6.45) is 9.98. The summed E-state index contributed by atoms with van der Waals surface area (Å²) >= 11 is 6.13. The Balaban J connectivity index is 1.15. The van der Waals surface area contributed by atoms with Gasteiger partial charge in [-0.3, -0.25) is 24.1 Å². The summed E-state index contributed by atoms with van der Waals surface area (Å²) in [5.74, 6) is -0.476. The first-order valence-corrected chi connectivity index (χ1v) is 18.1. The van der Waals surface area contributed by atoms with E-state index >= 15 is 0 Å². The predicted molar refractivity (Wildman–Crippen MR) is 186 cm³/mol. The predicted octanol–water partition coefficient (Wildman–Crippen LogP) is 3.97. The van der Waals surface area contributed by atoms with Crippen LogP contribution in [0.25, 0.3) is 0 Å². The molecule has 0 radical (unpaired) electrons. The molecule has 2 N–H and O–H groups in total. The summed E-state index contributed by atoms with van der Waals surface area (Å²) in [5.41, 5.74) is 0.978. The first-order valence-electron chi connectivity index (χ1n) is 17.8. The second-order valence-corrected chi connectivity index (χ2v) is 14.4. The van der Waals surface area contributed by atoms with E-state index < -0.39 is 11.6 Å².